The Labute approximate surface area is 119 Å². The van der Waals surface area contributed by atoms with Gasteiger partial charge in [0.25, 0.3) is 0 Å². The predicted molar refractivity (Wildman–Crippen MR) is 70.1 cm³/mol. The number of halogens is 3. The fraction of sp³-hybridized carbons (Fsp3) is 0.429. The molecule has 1 aliphatic heterocycles. The molecule has 21 heavy (non-hydrogen) atoms. The van der Waals surface area contributed by atoms with Crippen LogP contribution in [0.5, 0.6) is 0 Å². The lowest BCUT2D eigenvalue weighted by molar-refractivity contribution is -0.131. The van der Waals surface area contributed by atoms with Crippen LogP contribution in [-0.4, -0.2) is 24.4 Å². The van der Waals surface area contributed by atoms with E-state index in [-0.39, 0.29) is 5.92 Å². The zero-order valence-electron chi connectivity index (χ0n) is 11.6. The number of nitrogens with one attached hydrogen (secondary N) is 1. The number of piperazine rings is 1. The lowest BCUT2D eigenvalue weighted by Crippen LogP contribution is -2.58. The number of amides is 2. The van der Waals surface area contributed by atoms with Crippen LogP contribution >= 0.6 is 0 Å². The van der Waals surface area contributed by atoms with Crippen molar-refractivity contribution in [3.05, 3.63) is 29.6 Å². The molecule has 1 heterocycles. The molecule has 2 amide bonds. The van der Waals surface area contributed by atoms with E-state index in [1.54, 1.807) is 0 Å². The largest absolute Gasteiger partial charge is 0.343 e. The minimum Gasteiger partial charge on any atom is -0.343 e. The Kier molecular flexibility index (Phi) is 4.20. The van der Waals surface area contributed by atoms with E-state index in [0.29, 0.717) is 18.6 Å². The molecule has 1 aromatic carbocycles. The van der Waals surface area contributed by atoms with Crippen LogP contribution in [0.1, 0.15) is 20.3 Å². The number of nitrogens with zero attached hydrogens (tertiary/aromatic N) is 1. The van der Waals surface area contributed by atoms with Gasteiger partial charge < -0.3 is 5.32 Å². The topological polar surface area (TPSA) is 49.4 Å². The van der Waals surface area contributed by atoms with Gasteiger partial charge in [0.1, 0.15) is 18.4 Å². The molecular formula is C14H15F3N2O2. The fourth-order valence-corrected chi connectivity index (χ4v) is 2.29. The summed E-state index contributed by atoms with van der Waals surface area (Å²) in [7, 11) is 0. The molecule has 4 nitrogen and oxygen atoms in total. The van der Waals surface area contributed by atoms with Crippen LogP contribution in [0.15, 0.2) is 12.1 Å². The molecule has 1 saturated heterocycles. The van der Waals surface area contributed by atoms with E-state index in [0.717, 1.165) is 4.90 Å². The van der Waals surface area contributed by atoms with Crippen LogP contribution in [0.3, 0.4) is 0 Å². The first kappa shape index (κ1) is 15.3. The van der Waals surface area contributed by atoms with E-state index in [1.807, 2.05) is 13.8 Å². The molecule has 114 valence electrons. The molecule has 0 bridgehead atoms. The number of hydrogen-bond acceptors (Lipinski definition) is 2. The zero-order valence-corrected chi connectivity index (χ0v) is 11.6. The third-order valence-corrected chi connectivity index (χ3v) is 3.17. The smallest absolute Gasteiger partial charge is 0.250 e. The molecule has 2 rings (SSSR count). The van der Waals surface area contributed by atoms with Crippen molar-refractivity contribution < 1.29 is 22.8 Å². The summed E-state index contributed by atoms with van der Waals surface area (Å²) in [5.74, 6) is -4.71. The van der Waals surface area contributed by atoms with E-state index >= 15 is 0 Å². The van der Waals surface area contributed by atoms with Gasteiger partial charge >= 0.3 is 0 Å². The van der Waals surface area contributed by atoms with Gasteiger partial charge in [-0.25, -0.2) is 13.2 Å². The summed E-state index contributed by atoms with van der Waals surface area (Å²) in [5, 5.41) is 2.51. The van der Waals surface area contributed by atoms with Crippen LogP contribution in [0.4, 0.5) is 18.9 Å². The Balaban J connectivity index is 2.38. The number of rotatable bonds is 3. The van der Waals surface area contributed by atoms with Crippen LogP contribution in [0.25, 0.3) is 0 Å². The lowest BCUT2D eigenvalue weighted by Gasteiger charge is -2.33. The zero-order chi connectivity index (χ0) is 15.7. The molecule has 1 aromatic rings. The fourth-order valence-electron chi connectivity index (χ4n) is 2.29. The van der Waals surface area contributed by atoms with Crippen LogP contribution in [-0.2, 0) is 9.59 Å². The highest BCUT2D eigenvalue weighted by Crippen LogP contribution is 2.26. The summed E-state index contributed by atoms with van der Waals surface area (Å²) in [6.07, 6.45) is 0.362. The first-order valence-corrected chi connectivity index (χ1v) is 6.55. The maximum atomic E-state index is 13.8. The molecule has 0 aliphatic carbocycles. The van der Waals surface area contributed by atoms with E-state index in [9.17, 15) is 22.8 Å². The van der Waals surface area contributed by atoms with Gasteiger partial charge in [0.05, 0.1) is 5.69 Å². The molecule has 1 N–H and O–H groups in total. The first-order chi connectivity index (χ1) is 9.79. The monoisotopic (exact) mass is 300 g/mol. The highest BCUT2D eigenvalue weighted by molar-refractivity contribution is 6.06. The summed E-state index contributed by atoms with van der Waals surface area (Å²) in [6.45, 7) is 3.26. The van der Waals surface area contributed by atoms with Crippen LogP contribution in [0, 0.1) is 23.4 Å². The highest BCUT2D eigenvalue weighted by atomic mass is 19.2. The van der Waals surface area contributed by atoms with Crippen LogP contribution in [0.2, 0.25) is 0 Å². The highest BCUT2D eigenvalue weighted by Gasteiger charge is 2.35. The molecule has 1 atom stereocenters. The van der Waals surface area contributed by atoms with Gasteiger partial charge in [-0.2, -0.15) is 0 Å². The third kappa shape index (κ3) is 3.17. The second kappa shape index (κ2) is 5.75. The minimum atomic E-state index is -1.40. The summed E-state index contributed by atoms with van der Waals surface area (Å²) in [4.78, 5) is 24.7. The van der Waals surface area contributed by atoms with Gasteiger partial charge in [0.15, 0.2) is 11.6 Å². The normalized spacial score (nSPS) is 19.1. The second-order valence-corrected chi connectivity index (χ2v) is 5.39. The van der Waals surface area contributed by atoms with Gasteiger partial charge in [-0.3, -0.25) is 14.5 Å². The van der Waals surface area contributed by atoms with Crippen molar-refractivity contribution >= 4 is 17.5 Å². The van der Waals surface area contributed by atoms with Crippen molar-refractivity contribution in [3.8, 4) is 0 Å². The van der Waals surface area contributed by atoms with Crippen molar-refractivity contribution in [3.63, 3.8) is 0 Å². The Morgan fingerprint density at radius 1 is 1.29 bits per heavy atom. The maximum absolute atomic E-state index is 13.8. The number of anilines is 1. The Morgan fingerprint density at radius 2 is 1.95 bits per heavy atom. The Bertz CT molecular complexity index is 590. The van der Waals surface area contributed by atoms with Crippen LogP contribution < -0.4 is 10.2 Å². The molecule has 0 spiro atoms. The molecule has 0 radical (unpaired) electrons. The average Bonchev–Trinajstić information content (AvgIpc) is 2.37. The summed E-state index contributed by atoms with van der Waals surface area (Å²) < 4.78 is 40.3. The Morgan fingerprint density at radius 3 is 2.57 bits per heavy atom. The van der Waals surface area contributed by atoms with Gasteiger partial charge in [0, 0.05) is 12.1 Å². The molecular weight excluding hydrogens is 285 g/mol. The standard InChI is InChI=1S/C14H15F3N2O2/c1-7(2)3-10-14(21)19(6-12(20)18-10)11-5-8(15)4-9(16)13(11)17/h4-5,7,10H,3,6H2,1-2H3,(H,18,20). The van der Waals surface area contributed by atoms with Gasteiger partial charge in [-0.15, -0.1) is 0 Å². The summed E-state index contributed by atoms with van der Waals surface area (Å²) in [6, 6.07) is 0.275. The number of benzene rings is 1. The SMILES string of the molecule is CC(C)CC1NC(=O)CN(c2cc(F)cc(F)c2F)C1=O. The second-order valence-electron chi connectivity index (χ2n) is 5.39. The molecule has 7 heteroatoms. The Hall–Kier alpha value is -2.05. The third-order valence-electron chi connectivity index (χ3n) is 3.17. The lowest BCUT2D eigenvalue weighted by atomic mass is 10.0. The molecule has 0 saturated carbocycles. The van der Waals surface area contributed by atoms with E-state index in [2.05, 4.69) is 5.32 Å². The first-order valence-electron chi connectivity index (χ1n) is 6.55. The molecule has 1 fully saturated rings. The van der Waals surface area contributed by atoms with Gasteiger partial charge in [-0.1, -0.05) is 13.8 Å². The predicted octanol–water partition coefficient (Wildman–Crippen LogP) is 1.98. The van der Waals surface area contributed by atoms with Crippen molar-refractivity contribution in [1.29, 1.82) is 0 Å². The number of hydrogen-bond donors (Lipinski definition) is 1. The van der Waals surface area contributed by atoms with E-state index in [4.69, 9.17) is 0 Å². The molecule has 1 aliphatic rings. The molecule has 0 aromatic heterocycles. The van der Waals surface area contributed by atoms with Crippen molar-refractivity contribution in [1.82, 2.24) is 5.32 Å². The quantitative estimate of drug-likeness (QED) is 0.868. The minimum absolute atomic E-state index is 0.119. The van der Waals surface area contributed by atoms with Crippen molar-refractivity contribution in [2.24, 2.45) is 5.92 Å². The average molecular weight is 300 g/mol. The van der Waals surface area contributed by atoms with Crippen molar-refractivity contribution in [2.45, 2.75) is 26.3 Å². The summed E-state index contributed by atoms with van der Waals surface area (Å²) >= 11 is 0. The summed E-state index contributed by atoms with van der Waals surface area (Å²) in [5.41, 5.74) is -0.555. The molecule has 1 unspecified atom stereocenters. The van der Waals surface area contributed by atoms with E-state index < -0.39 is 47.5 Å². The number of carbonyl (C=O) groups excluding carboxylic acids is 2. The van der Waals surface area contributed by atoms with Gasteiger partial charge in [-0.05, 0) is 12.3 Å². The van der Waals surface area contributed by atoms with E-state index in [1.165, 1.54) is 0 Å². The van der Waals surface area contributed by atoms with Gasteiger partial charge in [0.2, 0.25) is 11.8 Å². The number of carbonyl (C=O) groups is 2. The maximum Gasteiger partial charge on any atom is 0.250 e. The van der Waals surface area contributed by atoms with Crippen molar-refractivity contribution in [2.75, 3.05) is 11.4 Å².